The highest BCUT2D eigenvalue weighted by molar-refractivity contribution is 7.47. The highest BCUT2D eigenvalue weighted by atomic mass is 31.2. The molecule has 0 spiro atoms. The summed E-state index contributed by atoms with van der Waals surface area (Å²) in [5.74, 6) is 0.0888. The molecule has 0 aliphatic heterocycles. The van der Waals surface area contributed by atoms with Gasteiger partial charge in [-0.15, -0.1) is 0 Å². The summed E-state index contributed by atoms with van der Waals surface area (Å²) >= 11 is 0. The fourth-order valence-electron chi connectivity index (χ4n) is 10.4. The molecule has 0 saturated carbocycles. The number of phosphoric acid groups is 2. The van der Waals surface area contributed by atoms with Crippen molar-refractivity contribution >= 4 is 39.5 Å². The first-order valence-electron chi connectivity index (χ1n) is 35.8. The highest BCUT2D eigenvalue weighted by Crippen LogP contribution is 2.45. The predicted octanol–water partition coefficient (Wildman–Crippen LogP) is 19.5. The molecule has 3 N–H and O–H groups in total. The van der Waals surface area contributed by atoms with Gasteiger partial charge in [-0.2, -0.15) is 0 Å². The molecule has 0 saturated heterocycles. The lowest BCUT2D eigenvalue weighted by molar-refractivity contribution is -0.161. The van der Waals surface area contributed by atoms with E-state index < -0.39 is 97.5 Å². The number of ether oxygens (including phenoxy) is 4. The molecule has 0 aromatic carbocycles. The van der Waals surface area contributed by atoms with E-state index in [2.05, 4.69) is 48.5 Å². The Kier molecular flexibility index (Phi) is 58.7. The molecule has 88 heavy (non-hydrogen) atoms. The van der Waals surface area contributed by atoms with E-state index in [0.29, 0.717) is 25.7 Å². The molecule has 19 heteroatoms. The first-order valence-corrected chi connectivity index (χ1v) is 38.8. The fourth-order valence-corrected chi connectivity index (χ4v) is 11.9. The van der Waals surface area contributed by atoms with Crippen molar-refractivity contribution in [1.82, 2.24) is 0 Å². The first-order chi connectivity index (χ1) is 42.2. The molecule has 2 unspecified atom stereocenters. The van der Waals surface area contributed by atoms with Crippen LogP contribution in [0.5, 0.6) is 0 Å². The number of carbonyl (C=O) groups is 4. The number of rotatable bonds is 67. The Morgan fingerprint density at radius 2 is 0.523 bits per heavy atom. The molecule has 0 bridgehead atoms. The van der Waals surface area contributed by atoms with Gasteiger partial charge in [-0.25, -0.2) is 9.13 Å². The summed E-state index contributed by atoms with van der Waals surface area (Å²) in [4.78, 5) is 72.5. The minimum atomic E-state index is -4.95. The summed E-state index contributed by atoms with van der Waals surface area (Å²) in [6.45, 7) is 11.8. The summed E-state index contributed by atoms with van der Waals surface area (Å²) in [5, 5.41) is 10.6. The molecular weight excluding hydrogens is 1160 g/mol. The molecule has 0 aromatic rings. The van der Waals surface area contributed by atoms with Crippen LogP contribution in [-0.2, 0) is 65.4 Å². The molecule has 0 aromatic heterocycles. The maximum absolute atomic E-state index is 13.0. The van der Waals surface area contributed by atoms with Crippen LogP contribution in [0.4, 0.5) is 0 Å². The maximum Gasteiger partial charge on any atom is 0.472 e. The zero-order valence-corrected chi connectivity index (χ0v) is 59.0. The number of unbranched alkanes of at least 4 members (excludes halogenated alkanes) is 35. The number of aliphatic hydroxyl groups is 1. The van der Waals surface area contributed by atoms with Crippen LogP contribution in [0.1, 0.15) is 344 Å². The SMILES string of the molecule is CCCCCCCCCCCCCCC(=O)OC[C@H](COP(=O)(O)OC[C@H](O)COP(=O)(O)OC[C@@H](COC(=O)CCCCCCCCCCCC(C)C)OC(=O)CCCCCCCCCCCC(C)C)OC(=O)CCCCCCCCCCCC(C)C. The maximum atomic E-state index is 13.0. The fraction of sp³-hybridized carbons (Fsp3) is 0.942. The summed E-state index contributed by atoms with van der Waals surface area (Å²) in [5.41, 5.74) is 0. The topological polar surface area (TPSA) is 237 Å². The Morgan fingerprint density at radius 1 is 0.307 bits per heavy atom. The molecule has 0 rings (SSSR count). The standard InChI is InChI=1S/C69H134O17P2/c1-8-9-10-11-12-13-14-15-22-29-36-43-50-66(71)79-56-64(85-68(73)52-45-38-31-24-17-20-27-34-41-48-61(4)5)58-83-87(75,76)81-54-63(70)55-82-88(77,78)84-59-65(86-69(74)53-46-39-32-25-18-21-28-35-42-49-62(6)7)57-80-67(72)51-44-37-30-23-16-19-26-33-40-47-60(2)3/h60-65,70H,8-59H2,1-7H3,(H,75,76)(H,77,78)/t63-,64+,65+/m0/s1. The molecule has 5 atom stereocenters. The predicted molar refractivity (Wildman–Crippen MR) is 354 cm³/mol. The van der Waals surface area contributed by atoms with Crippen LogP contribution < -0.4 is 0 Å². The van der Waals surface area contributed by atoms with Gasteiger partial charge in [-0.1, -0.05) is 292 Å². The minimum Gasteiger partial charge on any atom is -0.462 e. The quantitative estimate of drug-likeness (QED) is 0.0222. The number of esters is 4. The van der Waals surface area contributed by atoms with Crippen molar-refractivity contribution < 1.29 is 80.2 Å². The average Bonchev–Trinajstić information content (AvgIpc) is 3.66. The summed E-state index contributed by atoms with van der Waals surface area (Å²) < 4.78 is 68.2. The van der Waals surface area contributed by atoms with Gasteiger partial charge in [0.25, 0.3) is 0 Å². The van der Waals surface area contributed by atoms with Gasteiger partial charge in [0.1, 0.15) is 19.3 Å². The van der Waals surface area contributed by atoms with Gasteiger partial charge in [0.2, 0.25) is 0 Å². The van der Waals surface area contributed by atoms with Gasteiger partial charge in [-0.3, -0.25) is 37.3 Å². The Labute approximate surface area is 537 Å². The van der Waals surface area contributed by atoms with Gasteiger partial charge < -0.3 is 33.8 Å². The average molecular weight is 1300 g/mol. The van der Waals surface area contributed by atoms with Crippen LogP contribution in [0.2, 0.25) is 0 Å². The van der Waals surface area contributed by atoms with Crippen LogP contribution in [0.25, 0.3) is 0 Å². The normalized spacial score (nSPS) is 14.2. The van der Waals surface area contributed by atoms with Crippen molar-refractivity contribution in [2.75, 3.05) is 39.6 Å². The van der Waals surface area contributed by atoms with Gasteiger partial charge >= 0.3 is 39.5 Å². The molecule has 0 amide bonds. The van der Waals surface area contributed by atoms with Crippen molar-refractivity contribution in [1.29, 1.82) is 0 Å². The molecule has 0 aliphatic rings. The van der Waals surface area contributed by atoms with E-state index in [4.69, 9.17) is 37.0 Å². The lowest BCUT2D eigenvalue weighted by Gasteiger charge is -2.21. The van der Waals surface area contributed by atoms with E-state index >= 15 is 0 Å². The van der Waals surface area contributed by atoms with Crippen LogP contribution >= 0.6 is 15.6 Å². The van der Waals surface area contributed by atoms with Crippen molar-refractivity contribution in [3.63, 3.8) is 0 Å². The van der Waals surface area contributed by atoms with Crippen molar-refractivity contribution in [2.45, 2.75) is 362 Å². The molecule has 0 aliphatic carbocycles. The van der Waals surface area contributed by atoms with Crippen LogP contribution in [0, 0.1) is 17.8 Å². The zero-order valence-electron chi connectivity index (χ0n) is 57.2. The van der Waals surface area contributed by atoms with Gasteiger partial charge in [0.15, 0.2) is 12.2 Å². The second-order valence-corrected chi connectivity index (χ2v) is 29.3. The molecule has 0 heterocycles. The summed E-state index contributed by atoms with van der Waals surface area (Å²) in [6.07, 6.45) is 43.0. The molecule has 522 valence electrons. The van der Waals surface area contributed by atoms with E-state index in [-0.39, 0.29) is 25.7 Å². The Hall–Kier alpha value is -1.94. The second-order valence-electron chi connectivity index (χ2n) is 26.3. The van der Waals surface area contributed by atoms with Gasteiger partial charge in [0.05, 0.1) is 26.4 Å². The van der Waals surface area contributed by atoms with Gasteiger partial charge in [-0.05, 0) is 43.4 Å². The molecule has 0 radical (unpaired) electrons. The van der Waals surface area contributed by atoms with Crippen LogP contribution in [0.15, 0.2) is 0 Å². The lowest BCUT2D eigenvalue weighted by Crippen LogP contribution is -2.30. The largest absolute Gasteiger partial charge is 0.472 e. The summed E-state index contributed by atoms with van der Waals surface area (Å²) in [7, 11) is -9.90. The Balaban J connectivity index is 5.26. The first kappa shape index (κ1) is 86.1. The third kappa shape index (κ3) is 62.8. The van der Waals surface area contributed by atoms with Crippen LogP contribution in [-0.4, -0.2) is 96.7 Å². The zero-order chi connectivity index (χ0) is 65.2. The van der Waals surface area contributed by atoms with E-state index in [9.17, 15) is 43.2 Å². The van der Waals surface area contributed by atoms with E-state index in [0.717, 1.165) is 108 Å². The summed E-state index contributed by atoms with van der Waals surface area (Å²) in [6, 6.07) is 0. The number of hydrogen-bond acceptors (Lipinski definition) is 15. The van der Waals surface area contributed by atoms with E-state index in [1.807, 2.05) is 0 Å². The number of phosphoric ester groups is 2. The Morgan fingerprint density at radius 3 is 0.773 bits per heavy atom. The van der Waals surface area contributed by atoms with Crippen LogP contribution in [0.3, 0.4) is 0 Å². The third-order valence-electron chi connectivity index (χ3n) is 15.9. The lowest BCUT2D eigenvalue weighted by atomic mass is 10.0. The molecular formula is C69H134O17P2. The third-order valence-corrected chi connectivity index (χ3v) is 17.8. The number of carbonyl (C=O) groups excluding carboxylic acids is 4. The monoisotopic (exact) mass is 1300 g/mol. The number of hydrogen-bond donors (Lipinski definition) is 3. The Bertz CT molecular complexity index is 1730. The highest BCUT2D eigenvalue weighted by Gasteiger charge is 2.30. The van der Waals surface area contributed by atoms with Crippen molar-refractivity contribution in [3.05, 3.63) is 0 Å². The second kappa shape index (κ2) is 60.0. The van der Waals surface area contributed by atoms with E-state index in [1.54, 1.807) is 0 Å². The molecule has 0 fully saturated rings. The number of aliphatic hydroxyl groups excluding tert-OH is 1. The van der Waals surface area contributed by atoms with Crippen molar-refractivity contribution in [3.8, 4) is 0 Å². The van der Waals surface area contributed by atoms with E-state index in [1.165, 1.54) is 154 Å². The smallest absolute Gasteiger partial charge is 0.462 e. The minimum absolute atomic E-state index is 0.105. The van der Waals surface area contributed by atoms with Gasteiger partial charge in [0, 0.05) is 25.7 Å². The molecule has 17 nitrogen and oxygen atoms in total. The van der Waals surface area contributed by atoms with Crippen molar-refractivity contribution in [2.24, 2.45) is 17.8 Å².